The van der Waals surface area contributed by atoms with Gasteiger partial charge >= 0.3 is 5.97 Å². The minimum absolute atomic E-state index is 0.0936. The predicted molar refractivity (Wildman–Crippen MR) is 157 cm³/mol. The molecule has 0 spiro atoms. The van der Waals surface area contributed by atoms with E-state index in [0.717, 1.165) is 23.6 Å². The molecule has 7 N–H and O–H groups in total. The third-order valence-corrected chi connectivity index (χ3v) is 6.20. The predicted octanol–water partition coefficient (Wildman–Crippen LogP) is 2.80. The van der Waals surface area contributed by atoms with E-state index in [1.807, 2.05) is 24.3 Å². The van der Waals surface area contributed by atoms with Crippen LogP contribution in [0.3, 0.4) is 0 Å². The van der Waals surface area contributed by atoms with Crippen molar-refractivity contribution >= 4 is 23.2 Å². The molecular weight excluding hydrogens is 510 g/mol. The quantitative estimate of drug-likeness (QED) is 0.135. The molecule has 0 aliphatic carbocycles. The van der Waals surface area contributed by atoms with Gasteiger partial charge in [0, 0.05) is 12.6 Å². The molecule has 0 saturated carbocycles. The number of carboxylic acids is 1. The van der Waals surface area contributed by atoms with Gasteiger partial charge in [0.25, 0.3) is 0 Å². The van der Waals surface area contributed by atoms with Crippen LogP contribution in [0, 0.1) is 0 Å². The Hall–Kier alpha value is -3.63. The number of nitrogens with one attached hydrogen (secondary N) is 1. The van der Waals surface area contributed by atoms with E-state index in [2.05, 4.69) is 72.9 Å². The Morgan fingerprint density at radius 3 is 1.75 bits per heavy atom. The molecule has 0 aromatic heterocycles. The van der Waals surface area contributed by atoms with Gasteiger partial charge in [0.2, 0.25) is 0 Å². The van der Waals surface area contributed by atoms with Crippen LogP contribution in [0.15, 0.2) is 91.0 Å². The molecule has 3 aromatic rings. The van der Waals surface area contributed by atoms with Crippen molar-refractivity contribution in [1.29, 1.82) is 0 Å². The molecule has 4 atom stereocenters. The lowest BCUT2D eigenvalue weighted by Crippen LogP contribution is -2.48. The Bertz CT molecular complexity index is 1210. The highest BCUT2D eigenvalue weighted by atomic mass is 16.4. The minimum Gasteiger partial charge on any atom is -0.478 e. The fraction of sp³-hybridized carbons (Fsp3) is 0.281. The number of carboxylic acid groups (broad SMARTS) is 1. The van der Waals surface area contributed by atoms with E-state index in [0.29, 0.717) is 0 Å². The van der Waals surface area contributed by atoms with Crippen molar-refractivity contribution in [1.82, 2.24) is 5.32 Å². The van der Waals surface area contributed by atoms with Crippen LogP contribution >= 0.6 is 0 Å². The SMILES string of the molecule is CC/C(=C(\c1ccccc1)c1ccc(/C=C/C(=O)O)cc1)c1ccccc1.CNC[C@H](O)[C@@H](O)[C@H](O)[C@H](O)CO. The summed E-state index contributed by atoms with van der Waals surface area (Å²) in [6.45, 7) is 1.61. The number of rotatable bonds is 12. The zero-order chi connectivity index (χ0) is 29.5. The molecule has 8 nitrogen and oxygen atoms in total. The van der Waals surface area contributed by atoms with Crippen molar-refractivity contribution in [3.63, 3.8) is 0 Å². The van der Waals surface area contributed by atoms with E-state index in [1.165, 1.54) is 22.3 Å². The maximum atomic E-state index is 10.7. The largest absolute Gasteiger partial charge is 0.478 e. The van der Waals surface area contributed by atoms with Gasteiger partial charge < -0.3 is 36.0 Å². The molecule has 0 radical (unpaired) electrons. The average molecular weight is 550 g/mol. The molecule has 0 unspecified atom stereocenters. The van der Waals surface area contributed by atoms with Gasteiger partial charge in [0.05, 0.1) is 12.7 Å². The maximum Gasteiger partial charge on any atom is 0.328 e. The number of benzene rings is 3. The molecule has 0 fully saturated rings. The van der Waals surface area contributed by atoms with Gasteiger partial charge in [0.1, 0.15) is 18.3 Å². The molecule has 0 aliphatic rings. The number of hydrogen-bond donors (Lipinski definition) is 7. The summed E-state index contributed by atoms with van der Waals surface area (Å²) < 4.78 is 0. The number of allylic oxidation sites excluding steroid dienone is 1. The average Bonchev–Trinajstić information content (AvgIpc) is 2.99. The fourth-order valence-corrected chi connectivity index (χ4v) is 4.11. The Morgan fingerprint density at radius 1 is 0.775 bits per heavy atom. The smallest absolute Gasteiger partial charge is 0.328 e. The summed E-state index contributed by atoms with van der Waals surface area (Å²) in [7, 11) is 1.57. The first kappa shape index (κ1) is 32.6. The van der Waals surface area contributed by atoms with E-state index >= 15 is 0 Å². The highest BCUT2D eigenvalue weighted by Gasteiger charge is 2.29. The highest BCUT2D eigenvalue weighted by Crippen LogP contribution is 2.34. The summed E-state index contributed by atoms with van der Waals surface area (Å²) in [4.78, 5) is 10.7. The molecule has 40 heavy (non-hydrogen) atoms. The van der Waals surface area contributed by atoms with E-state index in [-0.39, 0.29) is 6.54 Å². The second kappa shape index (κ2) is 17.1. The van der Waals surface area contributed by atoms with Gasteiger partial charge in [-0.3, -0.25) is 0 Å². The molecular formula is C32H39NO7. The van der Waals surface area contributed by atoms with E-state index in [4.69, 9.17) is 25.5 Å². The van der Waals surface area contributed by atoms with Crippen molar-refractivity contribution in [2.24, 2.45) is 0 Å². The summed E-state index contributed by atoms with van der Waals surface area (Å²) in [5, 5.41) is 56.3. The maximum absolute atomic E-state index is 10.7. The number of aliphatic carboxylic acids is 1. The standard InChI is InChI=1S/C25H22O2.C7H17NO5/c1-2-23(20-9-5-3-6-10-20)25(21-11-7-4-8-12-21)22-16-13-19(14-17-22)15-18-24(26)27;1-8-2-4(10)6(12)7(13)5(11)3-9/h3-18H,2H2,1H3,(H,26,27);4-13H,2-3H2,1H3/b18-15+,25-23-;/t;4-,5+,6+,7+/m.0/s1. The molecule has 8 heteroatoms. The van der Waals surface area contributed by atoms with Crippen LogP contribution in [-0.2, 0) is 4.79 Å². The van der Waals surface area contributed by atoms with Crippen molar-refractivity contribution < 1.29 is 35.4 Å². The van der Waals surface area contributed by atoms with Gasteiger partial charge in [-0.1, -0.05) is 91.9 Å². The van der Waals surface area contributed by atoms with Crippen LogP contribution in [0.1, 0.15) is 35.6 Å². The fourth-order valence-electron chi connectivity index (χ4n) is 4.11. The van der Waals surface area contributed by atoms with E-state index in [9.17, 15) is 9.90 Å². The van der Waals surface area contributed by atoms with Gasteiger partial charge in [0.15, 0.2) is 0 Å². The summed E-state index contributed by atoms with van der Waals surface area (Å²) in [5.74, 6) is -0.943. The zero-order valence-electron chi connectivity index (χ0n) is 22.8. The second-order valence-corrected chi connectivity index (χ2v) is 9.09. The van der Waals surface area contributed by atoms with E-state index in [1.54, 1.807) is 13.1 Å². The van der Waals surface area contributed by atoms with Crippen LogP contribution in [0.5, 0.6) is 0 Å². The zero-order valence-corrected chi connectivity index (χ0v) is 22.8. The molecule has 0 bridgehead atoms. The third-order valence-electron chi connectivity index (χ3n) is 6.20. The number of carbonyl (C=O) groups is 1. The van der Waals surface area contributed by atoms with Crippen LogP contribution < -0.4 is 5.32 Å². The minimum atomic E-state index is -1.55. The van der Waals surface area contributed by atoms with Crippen molar-refractivity contribution in [3.05, 3.63) is 113 Å². The number of hydrogen-bond acceptors (Lipinski definition) is 7. The molecule has 3 rings (SSSR count). The first-order chi connectivity index (χ1) is 19.2. The van der Waals surface area contributed by atoms with Crippen LogP contribution in [0.4, 0.5) is 0 Å². The Kier molecular flexibility index (Phi) is 14.0. The van der Waals surface area contributed by atoms with Gasteiger partial charge in [-0.25, -0.2) is 4.79 Å². The number of aliphatic hydroxyl groups excluding tert-OH is 5. The van der Waals surface area contributed by atoms with Crippen LogP contribution in [0.25, 0.3) is 17.2 Å². The molecule has 0 saturated heterocycles. The van der Waals surface area contributed by atoms with Gasteiger partial charge in [-0.05, 0) is 52.9 Å². The first-order valence-electron chi connectivity index (χ1n) is 13.1. The lowest BCUT2D eigenvalue weighted by molar-refractivity contribution is -0.131. The summed E-state index contributed by atoms with van der Waals surface area (Å²) in [5.41, 5.74) is 6.87. The normalized spacial score (nSPS) is 14.9. The van der Waals surface area contributed by atoms with Crippen molar-refractivity contribution in [3.8, 4) is 0 Å². The molecule has 0 amide bonds. The lowest BCUT2D eigenvalue weighted by Gasteiger charge is -2.25. The number of likely N-dealkylation sites (N-methyl/N-ethyl adjacent to an activating group) is 1. The van der Waals surface area contributed by atoms with Crippen molar-refractivity contribution in [2.45, 2.75) is 37.8 Å². The molecule has 0 aliphatic heterocycles. The summed E-state index contributed by atoms with van der Waals surface area (Å²) in [6, 6.07) is 28.9. The molecule has 0 heterocycles. The summed E-state index contributed by atoms with van der Waals surface area (Å²) in [6.07, 6.45) is -1.97. The third kappa shape index (κ3) is 9.84. The van der Waals surface area contributed by atoms with Crippen LogP contribution in [0.2, 0.25) is 0 Å². The molecule has 3 aromatic carbocycles. The topological polar surface area (TPSA) is 150 Å². The monoisotopic (exact) mass is 549 g/mol. The van der Waals surface area contributed by atoms with E-state index < -0.39 is 37.0 Å². The highest BCUT2D eigenvalue weighted by molar-refractivity contribution is 5.98. The van der Waals surface area contributed by atoms with Crippen LogP contribution in [-0.4, -0.2) is 81.2 Å². The van der Waals surface area contributed by atoms with Gasteiger partial charge in [-0.2, -0.15) is 0 Å². The molecule has 214 valence electrons. The Morgan fingerprint density at radius 2 is 1.27 bits per heavy atom. The second-order valence-electron chi connectivity index (χ2n) is 9.09. The summed E-state index contributed by atoms with van der Waals surface area (Å²) >= 11 is 0. The number of aliphatic hydroxyl groups is 5. The lowest BCUT2D eigenvalue weighted by atomic mass is 9.88. The van der Waals surface area contributed by atoms with Crippen molar-refractivity contribution in [2.75, 3.05) is 20.2 Å². The first-order valence-corrected chi connectivity index (χ1v) is 13.1. The Labute approximate surface area is 235 Å². The Balaban J connectivity index is 0.000000366. The van der Waals surface area contributed by atoms with Gasteiger partial charge in [-0.15, -0.1) is 0 Å².